The predicted octanol–water partition coefficient (Wildman–Crippen LogP) is 4.10. The third kappa shape index (κ3) is 3.40. The van der Waals surface area contributed by atoms with E-state index in [9.17, 15) is 4.79 Å². The molecule has 4 aromatic heterocycles. The number of rotatable bonds is 5. The molecular weight excluding hydrogens is 428 g/mol. The lowest BCUT2D eigenvalue weighted by Gasteiger charge is -2.10. The molecule has 32 heavy (non-hydrogen) atoms. The number of imidazole rings is 1. The minimum Gasteiger partial charge on any atom is -0.350 e. The fourth-order valence-corrected chi connectivity index (χ4v) is 3.90. The van der Waals surface area contributed by atoms with Gasteiger partial charge in [-0.05, 0) is 39.0 Å². The Morgan fingerprint density at radius 2 is 2.03 bits per heavy atom. The maximum absolute atomic E-state index is 12.6. The van der Waals surface area contributed by atoms with Crippen LogP contribution in [0.2, 0.25) is 5.02 Å². The zero-order valence-corrected chi connectivity index (χ0v) is 18.5. The molecule has 1 atom stereocenters. The monoisotopic (exact) mass is 448 g/mol. The van der Waals surface area contributed by atoms with Crippen LogP contribution >= 0.6 is 11.6 Å². The molecule has 4 heterocycles. The maximum Gasteiger partial charge on any atom is 0.255 e. The molecule has 0 aliphatic rings. The number of benzene rings is 1. The van der Waals surface area contributed by atoms with Gasteiger partial charge >= 0.3 is 0 Å². The van der Waals surface area contributed by atoms with Gasteiger partial charge in [-0.2, -0.15) is 5.10 Å². The standard InChI is InChI=1S/C22H21ClN8O/c1-11(2)28-22(32)15-9-26-21-19(15)29-16(10-27-21)18-14-5-4-13(23)8-17(14)31(30-18)12(3)20-24-6-7-25-20/h4-12H,1-3H3,(H,24,25)(H,26,27)(H,28,32). The number of carbonyl (C=O) groups excluding carboxylic acids is 1. The van der Waals surface area contributed by atoms with Crippen molar-refractivity contribution in [3.63, 3.8) is 0 Å². The van der Waals surface area contributed by atoms with E-state index < -0.39 is 0 Å². The molecule has 5 aromatic rings. The molecule has 0 fully saturated rings. The van der Waals surface area contributed by atoms with Crippen molar-refractivity contribution in [2.75, 3.05) is 0 Å². The van der Waals surface area contributed by atoms with Crippen molar-refractivity contribution in [1.29, 1.82) is 0 Å². The Morgan fingerprint density at radius 1 is 1.19 bits per heavy atom. The number of fused-ring (bicyclic) bond motifs is 2. The summed E-state index contributed by atoms with van der Waals surface area (Å²) >= 11 is 6.29. The van der Waals surface area contributed by atoms with Crippen molar-refractivity contribution in [3.05, 3.63) is 59.4 Å². The van der Waals surface area contributed by atoms with E-state index in [1.54, 1.807) is 24.8 Å². The Bertz CT molecular complexity index is 1430. The van der Waals surface area contributed by atoms with Crippen molar-refractivity contribution >= 4 is 39.6 Å². The molecule has 0 saturated carbocycles. The van der Waals surface area contributed by atoms with Gasteiger partial charge in [0.05, 0.1) is 17.3 Å². The number of aromatic nitrogens is 7. The van der Waals surface area contributed by atoms with E-state index in [2.05, 4.69) is 25.3 Å². The van der Waals surface area contributed by atoms with Crippen LogP contribution in [0.4, 0.5) is 0 Å². The number of hydrogen-bond acceptors (Lipinski definition) is 5. The quantitative estimate of drug-likeness (QED) is 0.374. The molecule has 0 spiro atoms. The molecule has 0 aliphatic carbocycles. The second-order valence-corrected chi connectivity index (χ2v) is 8.32. The summed E-state index contributed by atoms with van der Waals surface area (Å²) in [5.41, 5.74) is 3.55. The van der Waals surface area contributed by atoms with Gasteiger partial charge in [-0.25, -0.2) is 15.0 Å². The lowest BCUT2D eigenvalue weighted by atomic mass is 10.1. The first-order chi connectivity index (χ1) is 15.4. The SMILES string of the molecule is CC(C)NC(=O)c1c[nH]c2ncc(-c3nn(C(C)c4ncc[nH]4)c4cc(Cl)ccc34)nc12. The molecule has 0 aliphatic heterocycles. The Balaban J connectivity index is 1.67. The second kappa shape index (κ2) is 7.76. The topological polar surface area (TPSA) is 117 Å². The van der Waals surface area contributed by atoms with Gasteiger partial charge in [0.15, 0.2) is 5.65 Å². The molecule has 1 aromatic carbocycles. The van der Waals surface area contributed by atoms with E-state index in [1.807, 2.05) is 43.7 Å². The van der Waals surface area contributed by atoms with E-state index in [0.717, 1.165) is 16.7 Å². The molecule has 9 nitrogen and oxygen atoms in total. The highest BCUT2D eigenvalue weighted by Crippen LogP contribution is 2.32. The second-order valence-electron chi connectivity index (χ2n) is 7.89. The van der Waals surface area contributed by atoms with Crippen LogP contribution in [0, 0.1) is 0 Å². The summed E-state index contributed by atoms with van der Waals surface area (Å²) in [6, 6.07) is 5.46. The van der Waals surface area contributed by atoms with Crippen molar-refractivity contribution in [1.82, 2.24) is 40.0 Å². The third-order valence-electron chi connectivity index (χ3n) is 5.24. The van der Waals surface area contributed by atoms with Gasteiger partial charge in [0, 0.05) is 35.0 Å². The Morgan fingerprint density at radius 3 is 2.78 bits per heavy atom. The van der Waals surface area contributed by atoms with Gasteiger partial charge in [-0.15, -0.1) is 0 Å². The van der Waals surface area contributed by atoms with E-state index in [0.29, 0.717) is 33.1 Å². The molecule has 0 radical (unpaired) electrons. The summed E-state index contributed by atoms with van der Waals surface area (Å²) < 4.78 is 1.87. The molecule has 3 N–H and O–H groups in total. The number of amides is 1. The summed E-state index contributed by atoms with van der Waals surface area (Å²) in [6.45, 7) is 5.83. The van der Waals surface area contributed by atoms with Crippen LogP contribution in [-0.4, -0.2) is 46.6 Å². The summed E-state index contributed by atoms with van der Waals surface area (Å²) in [5.74, 6) is 0.576. The van der Waals surface area contributed by atoms with E-state index >= 15 is 0 Å². The number of halogens is 1. The van der Waals surface area contributed by atoms with Crippen molar-refractivity contribution in [2.45, 2.75) is 32.9 Å². The fraction of sp³-hybridized carbons (Fsp3) is 0.227. The van der Waals surface area contributed by atoms with Crippen LogP contribution in [-0.2, 0) is 0 Å². The number of nitrogens with zero attached hydrogens (tertiary/aromatic N) is 5. The third-order valence-corrected chi connectivity index (χ3v) is 5.47. The predicted molar refractivity (Wildman–Crippen MR) is 123 cm³/mol. The average Bonchev–Trinajstić information content (AvgIpc) is 3.50. The van der Waals surface area contributed by atoms with Crippen LogP contribution in [0.3, 0.4) is 0 Å². The van der Waals surface area contributed by atoms with Crippen molar-refractivity contribution in [3.8, 4) is 11.4 Å². The Kier molecular flexibility index (Phi) is 4.90. The van der Waals surface area contributed by atoms with Gasteiger partial charge in [0.1, 0.15) is 28.8 Å². The highest BCUT2D eigenvalue weighted by atomic mass is 35.5. The van der Waals surface area contributed by atoms with Crippen molar-refractivity contribution < 1.29 is 4.79 Å². The van der Waals surface area contributed by atoms with E-state index in [4.69, 9.17) is 21.7 Å². The van der Waals surface area contributed by atoms with Gasteiger partial charge in [-0.3, -0.25) is 9.48 Å². The van der Waals surface area contributed by atoms with Crippen LogP contribution in [0.5, 0.6) is 0 Å². The molecule has 1 amide bonds. The smallest absolute Gasteiger partial charge is 0.255 e. The zero-order valence-electron chi connectivity index (χ0n) is 17.7. The number of hydrogen-bond donors (Lipinski definition) is 3. The first-order valence-corrected chi connectivity index (χ1v) is 10.6. The molecule has 0 saturated heterocycles. The Hall–Kier alpha value is -3.72. The first-order valence-electron chi connectivity index (χ1n) is 10.2. The van der Waals surface area contributed by atoms with Crippen LogP contribution < -0.4 is 5.32 Å². The number of H-pyrrole nitrogens is 2. The van der Waals surface area contributed by atoms with Crippen LogP contribution in [0.15, 0.2) is 43.0 Å². The van der Waals surface area contributed by atoms with Crippen molar-refractivity contribution in [2.24, 2.45) is 0 Å². The summed E-state index contributed by atoms with van der Waals surface area (Å²) in [5, 5.41) is 9.24. The first kappa shape index (κ1) is 20.2. The van der Waals surface area contributed by atoms with E-state index in [-0.39, 0.29) is 18.0 Å². The molecule has 10 heteroatoms. The highest BCUT2D eigenvalue weighted by Gasteiger charge is 2.22. The molecule has 5 rings (SSSR count). The van der Waals surface area contributed by atoms with Gasteiger partial charge in [0.25, 0.3) is 5.91 Å². The van der Waals surface area contributed by atoms with Gasteiger partial charge in [-0.1, -0.05) is 11.6 Å². The minimum absolute atomic E-state index is 0.0103. The minimum atomic E-state index is -0.202. The lowest BCUT2D eigenvalue weighted by Crippen LogP contribution is -2.29. The Labute approximate surface area is 188 Å². The molecule has 162 valence electrons. The number of aromatic amines is 2. The average molecular weight is 449 g/mol. The summed E-state index contributed by atoms with van der Waals surface area (Å²) in [4.78, 5) is 32.4. The summed E-state index contributed by atoms with van der Waals surface area (Å²) in [6.07, 6.45) is 6.77. The molecule has 1 unspecified atom stereocenters. The molecule has 0 bridgehead atoms. The fourth-order valence-electron chi connectivity index (χ4n) is 3.73. The zero-order chi connectivity index (χ0) is 22.4. The summed E-state index contributed by atoms with van der Waals surface area (Å²) in [7, 11) is 0. The normalized spacial score (nSPS) is 12.7. The van der Waals surface area contributed by atoms with Crippen LogP contribution in [0.1, 0.15) is 43.0 Å². The number of carbonyl (C=O) groups is 1. The molecular formula is C22H21ClN8O. The largest absolute Gasteiger partial charge is 0.350 e. The maximum atomic E-state index is 12.6. The lowest BCUT2D eigenvalue weighted by molar-refractivity contribution is 0.0944. The highest BCUT2D eigenvalue weighted by molar-refractivity contribution is 6.31. The van der Waals surface area contributed by atoms with E-state index in [1.165, 1.54) is 0 Å². The number of nitrogens with one attached hydrogen (secondary N) is 3. The van der Waals surface area contributed by atoms with Gasteiger partial charge in [0.2, 0.25) is 0 Å². The van der Waals surface area contributed by atoms with Gasteiger partial charge < -0.3 is 15.3 Å². The van der Waals surface area contributed by atoms with Crippen LogP contribution in [0.25, 0.3) is 33.5 Å².